The Balaban J connectivity index is 0.879. The molecular weight excluding hydrogens is 1020 g/mol. The van der Waals surface area contributed by atoms with E-state index in [2.05, 4.69) is 29.6 Å². The molecule has 18 heteroatoms. The third-order valence-corrected chi connectivity index (χ3v) is 19.3. The van der Waals surface area contributed by atoms with E-state index in [1.54, 1.807) is 25.1 Å². The van der Waals surface area contributed by atoms with Gasteiger partial charge in [0.1, 0.15) is 37.7 Å². The van der Waals surface area contributed by atoms with Crippen molar-refractivity contribution >= 4 is 62.3 Å². The molecule has 4 aliphatic carbocycles. The van der Waals surface area contributed by atoms with Crippen molar-refractivity contribution in [3.63, 3.8) is 0 Å². The molecular formula is C57H77F2NO12S3. The van der Waals surface area contributed by atoms with Gasteiger partial charge < -0.3 is 39.2 Å². The first-order valence-electron chi connectivity index (χ1n) is 26.6. The zero-order valence-corrected chi connectivity index (χ0v) is 46.4. The summed E-state index contributed by atoms with van der Waals surface area (Å²) in [7, 11) is 2.82. The summed E-state index contributed by atoms with van der Waals surface area (Å²) in [5.41, 5.74) is -0.714. The fourth-order valence-corrected chi connectivity index (χ4v) is 14.6. The number of ketones is 1. The molecule has 414 valence electrons. The van der Waals surface area contributed by atoms with Gasteiger partial charge in [0.25, 0.3) is 0 Å². The molecule has 0 aromatic heterocycles. The monoisotopic (exact) mass is 1100 g/mol. The van der Waals surface area contributed by atoms with Crippen molar-refractivity contribution in [2.75, 3.05) is 57.0 Å². The van der Waals surface area contributed by atoms with Crippen LogP contribution in [0.3, 0.4) is 0 Å². The van der Waals surface area contributed by atoms with Gasteiger partial charge in [-0.05, 0) is 140 Å². The molecule has 0 aliphatic heterocycles. The largest absolute Gasteiger partial charge is 0.508 e. The van der Waals surface area contributed by atoms with Crippen molar-refractivity contribution in [1.82, 2.24) is 5.32 Å². The van der Waals surface area contributed by atoms with E-state index in [9.17, 15) is 38.6 Å². The molecule has 75 heavy (non-hydrogen) atoms. The van der Waals surface area contributed by atoms with Crippen LogP contribution in [-0.4, -0.2) is 108 Å². The second-order valence-electron chi connectivity index (χ2n) is 20.7. The zero-order valence-electron chi connectivity index (χ0n) is 43.9. The van der Waals surface area contributed by atoms with Gasteiger partial charge in [-0.2, -0.15) is 0 Å². The fourth-order valence-electron chi connectivity index (χ4n) is 12.3. The predicted octanol–water partition coefficient (Wildman–Crippen LogP) is 11.2. The van der Waals surface area contributed by atoms with Crippen molar-refractivity contribution in [2.45, 2.75) is 129 Å². The number of aliphatic hydroxyl groups is 1. The summed E-state index contributed by atoms with van der Waals surface area (Å²) in [4.78, 5) is 65.7. The molecule has 10 atom stereocenters. The highest BCUT2D eigenvalue weighted by Gasteiger charge is 2.71. The topological polar surface area (TPSA) is 184 Å². The number of phenolic OH excluding ortho intramolecular Hbond substituents is 1. The number of aryl methyl sites for hydroxylation is 1. The van der Waals surface area contributed by atoms with Gasteiger partial charge in [-0.1, -0.05) is 98.2 Å². The summed E-state index contributed by atoms with van der Waals surface area (Å²) in [6.07, 6.45) is 9.56. The van der Waals surface area contributed by atoms with E-state index in [0.29, 0.717) is 52.9 Å². The Morgan fingerprint density at radius 2 is 1.59 bits per heavy atom. The van der Waals surface area contributed by atoms with Crippen molar-refractivity contribution in [1.29, 1.82) is 0 Å². The normalized spacial score (nSPS) is 27.1. The van der Waals surface area contributed by atoms with Crippen LogP contribution in [0.1, 0.15) is 121 Å². The number of carbonyl (C=O) groups is 5. The Morgan fingerprint density at radius 1 is 0.867 bits per heavy atom. The maximum Gasteiger partial charge on any atom is 0.508 e. The molecule has 0 saturated heterocycles. The Kier molecular flexibility index (Phi) is 23.4. The Hall–Kier alpha value is -3.94. The molecule has 0 radical (unpaired) electrons. The fraction of sp³-hybridized carbons (Fsp3) is 0.632. The van der Waals surface area contributed by atoms with Crippen LogP contribution in [0.5, 0.6) is 5.75 Å². The number of aromatic hydroxyl groups is 1. The van der Waals surface area contributed by atoms with Gasteiger partial charge in [0, 0.05) is 66.9 Å². The maximum absolute atomic E-state index is 16.4. The standard InChI is InChI=1S/C57H77F2NO12S3/c1-5-51(64)72-57(53(66)73-37-58)38(2)29-44-45-34-48(59)47-33-43(61)20-21-55(47,3)56(45,4)42(31-46(44)57)32-52(65)69-25-27-74-75-28-26-70-54(67)71-36-41-30-40(18-19-49(41)62)50(63)35-60-22-12-8-14-24-68-23-13-7-11-17-39-15-9-6-10-16-39/h6,9-10,15-16,18-21,30,33,38,42,44-46,48,50,60,62-63H,5,7-8,11-14,17,22-29,31-32,34-37H2,1-4H3/t38-,42-,44+,45+,46?,48+,50?,55+,56+,57-/m1/s1. The molecule has 4 aliphatic rings. The quantitative estimate of drug-likeness (QED) is 0.0290. The summed E-state index contributed by atoms with van der Waals surface area (Å²) >= 11 is 0.470. The van der Waals surface area contributed by atoms with Crippen molar-refractivity contribution in [3.05, 3.63) is 89.0 Å². The van der Waals surface area contributed by atoms with Gasteiger partial charge in [0.15, 0.2) is 11.4 Å². The number of phenols is 1. The average Bonchev–Trinajstić information content (AvgIpc) is 3.78. The van der Waals surface area contributed by atoms with E-state index >= 15 is 4.39 Å². The molecule has 3 fully saturated rings. The molecule has 2 aromatic rings. The Morgan fingerprint density at radius 3 is 2.31 bits per heavy atom. The lowest BCUT2D eigenvalue weighted by atomic mass is 9.39. The van der Waals surface area contributed by atoms with Crippen molar-refractivity contribution < 1.29 is 66.7 Å². The average molecular weight is 1100 g/mol. The molecule has 0 spiro atoms. The highest BCUT2D eigenvalue weighted by molar-refractivity contribution is 8.76. The predicted molar refractivity (Wildman–Crippen MR) is 289 cm³/mol. The number of fused-ring (bicyclic) bond motifs is 5. The van der Waals surface area contributed by atoms with Crippen LogP contribution in [0, 0.1) is 40.4 Å². The third kappa shape index (κ3) is 15.2. The van der Waals surface area contributed by atoms with Crippen LogP contribution in [0.2, 0.25) is 0 Å². The van der Waals surface area contributed by atoms with Gasteiger partial charge in [-0.3, -0.25) is 19.2 Å². The highest BCUT2D eigenvalue weighted by Crippen LogP contribution is 2.72. The van der Waals surface area contributed by atoms with Crippen LogP contribution in [0.25, 0.3) is 0 Å². The van der Waals surface area contributed by atoms with Crippen molar-refractivity contribution in [3.8, 4) is 5.75 Å². The number of hydrogen-bond acceptors (Lipinski definition) is 16. The molecule has 0 bridgehead atoms. The highest BCUT2D eigenvalue weighted by atomic mass is 33.1. The lowest BCUT2D eigenvalue weighted by Gasteiger charge is -2.65. The molecule has 2 unspecified atom stereocenters. The third-order valence-electron chi connectivity index (χ3n) is 16.3. The second-order valence-corrected chi connectivity index (χ2v) is 24.2. The lowest BCUT2D eigenvalue weighted by molar-refractivity contribution is -0.187. The molecule has 6 rings (SSSR count). The minimum Gasteiger partial charge on any atom is -0.508 e. The van der Waals surface area contributed by atoms with E-state index in [4.69, 9.17) is 23.7 Å². The van der Waals surface area contributed by atoms with Crippen LogP contribution in [-0.2, 0) is 55.9 Å². The number of aliphatic hydroxyl groups excluding tert-OH is 1. The molecule has 0 heterocycles. The number of thioether (sulfide) groups is 1. The van der Waals surface area contributed by atoms with E-state index in [-0.39, 0.29) is 68.9 Å². The first-order valence-corrected chi connectivity index (χ1v) is 30.1. The van der Waals surface area contributed by atoms with Crippen molar-refractivity contribution in [2.24, 2.45) is 40.4 Å². The van der Waals surface area contributed by atoms with Gasteiger partial charge in [0.05, 0.1) is 6.10 Å². The first-order chi connectivity index (χ1) is 36.1. The van der Waals surface area contributed by atoms with E-state index in [1.165, 1.54) is 51.8 Å². The number of ether oxygens (including phenoxy) is 5. The van der Waals surface area contributed by atoms with Gasteiger partial charge in [-0.25, -0.2) is 13.6 Å². The van der Waals surface area contributed by atoms with E-state index < -0.39 is 75.7 Å². The smallest absolute Gasteiger partial charge is 0.508 e. The van der Waals surface area contributed by atoms with Crippen LogP contribution < -0.4 is 5.32 Å². The van der Waals surface area contributed by atoms with Gasteiger partial charge in [-0.15, -0.1) is 0 Å². The number of nitrogens with one attached hydrogen (secondary N) is 1. The van der Waals surface area contributed by atoms with Crippen LogP contribution in [0.4, 0.5) is 13.6 Å². The Labute approximate surface area is 453 Å². The number of esters is 2. The SMILES string of the molecule is CCC(=O)O[C@@]1(C(=O)SCF)C2C[C@H](CC(=O)OCCSSCCOC(=O)OCc3cc(C(O)CNCCCCCOCCCCCc4ccccc4)ccc3O)[C@@]3(C)[C@@H](C[C@H](F)C4=CC(=O)C=C[C@@]43C)[C@@H]2C[C@H]1C. The molecule has 0 amide bonds. The number of allylic oxidation sites excluding steroid dienone is 4. The zero-order chi connectivity index (χ0) is 54.0. The number of halogens is 2. The van der Waals surface area contributed by atoms with Gasteiger partial charge >= 0.3 is 18.1 Å². The molecule has 13 nitrogen and oxygen atoms in total. The number of carbonyl (C=O) groups excluding carboxylic acids is 5. The summed E-state index contributed by atoms with van der Waals surface area (Å²) in [6.45, 7) is 9.86. The number of alkyl halides is 2. The second kappa shape index (κ2) is 29.2. The Bertz CT molecular complexity index is 2290. The van der Waals surface area contributed by atoms with Crippen LogP contribution >= 0.6 is 33.3 Å². The number of hydrogen-bond donors (Lipinski definition) is 3. The molecule has 3 saturated carbocycles. The summed E-state index contributed by atoms with van der Waals surface area (Å²) in [6, 6.07) is 14.2. The van der Waals surface area contributed by atoms with Crippen LogP contribution in [0.15, 0.2) is 72.3 Å². The summed E-state index contributed by atoms with van der Waals surface area (Å²) < 4.78 is 58.3. The minimum absolute atomic E-state index is 0.00711. The van der Waals surface area contributed by atoms with E-state index in [1.807, 2.05) is 26.8 Å². The number of unbranched alkanes of at least 4 members (excludes halogenated alkanes) is 4. The van der Waals surface area contributed by atoms with Gasteiger partial charge in [0.2, 0.25) is 5.12 Å². The number of rotatable bonds is 30. The molecule has 2 aromatic carbocycles. The summed E-state index contributed by atoms with van der Waals surface area (Å²) in [5.74, 6) is -2.85. The minimum atomic E-state index is -1.65. The summed E-state index contributed by atoms with van der Waals surface area (Å²) in [5, 5.41) is 23.9. The number of benzene rings is 2. The first kappa shape index (κ1) is 60.3. The maximum atomic E-state index is 16.4. The lowest BCUT2D eigenvalue weighted by Crippen LogP contribution is -2.63. The molecule has 3 N–H and O–H groups in total. The van der Waals surface area contributed by atoms with E-state index in [0.717, 1.165) is 58.3 Å².